The monoisotopic (exact) mass is 438 g/mol. The summed E-state index contributed by atoms with van der Waals surface area (Å²) in [5, 5.41) is 0.701. The van der Waals surface area contributed by atoms with E-state index in [1.54, 1.807) is 4.90 Å². The van der Waals surface area contributed by atoms with E-state index in [2.05, 4.69) is 0 Å². The Kier molecular flexibility index (Phi) is 6.15. The minimum atomic E-state index is -0.0860. The zero-order chi connectivity index (χ0) is 21.0. The predicted octanol–water partition coefficient (Wildman–Crippen LogP) is 4.68. The molecule has 31 heavy (non-hydrogen) atoms. The maximum Gasteiger partial charge on any atom is 0.260 e. The molecule has 5 rings (SSSR count). The van der Waals surface area contributed by atoms with Gasteiger partial charge in [-0.3, -0.25) is 9.69 Å². The van der Waals surface area contributed by atoms with Crippen molar-refractivity contribution in [1.82, 2.24) is 4.98 Å². The molecular formula is C24H26N2O4S. The molecule has 0 aliphatic carbocycles. The summed E-state index contributed by atoms with van der Waals surface area (Å²) >= 11 is 1.53. The van der Waals surface area contributed by atoms with Crippen molar-refractivity contribution in [3.05, 3.63) is 54.1 Å². The topological polar surface area (TPSA) is 60.9 Å². The summed E-state index contributed by atoms with van der Waals surface area (Å²) in [5.41, 5.74) is 1.49. The lowest BCUT2D eigenvalue weighted by Crippen LogP contribution is -2.37. The number of hydrogen-bond acceptors (Lipinski definition) is 6. The average molecular weight is 439 g/mol. The normalized spacial score (nSPS) is 20.9. The van der Waals surface area contributed by atoms with Gasteiger partial charge in [0, 0.05) is 18.8 Å². The van der Waals surface area contributed by atoms with E-state index >= 15 is 0 Å². The molecule has 2 aromatic carbocycles. The van der Waals surface area contributed by atoms with E-state index in [0.29, 0.717) is 29.6 Å². The van der Waals surface area contributed by atoms with Gasteiger partial charge < -0.3 is 14.2 Å². The van der Waals surface area contributed by atoms with Crippen LogP contribution in [0.2, 0.25) is 0 Å². The molecule has 2 aliphatic rings. The van der Waals surface area contributed by atoms with Gasteiger partial charge in [-0.15, -0.1) is 0 Å². The Morgan fingerprint density at radius 3 is 2.65 bits per heavy atom. The van der Waals surface area contributed by atoms with Crippen LogP contribution >= 0.6 is 11.3 Å². The predicted molar refractivity (Wildman–Crippen MR) is 121 cm³/mol. The van der Waals surface area contributed by atoms with Crippen molar-refractivity contribution >= 4 is 32.6 Å². The quantitative estimate of drug-likeness (QED) is 0.536. The number of rotatable bonds is 7. The maximum absolute atomic E-state index is 13.6. The highest BCUT2D eigenvalue weighted by Crippen LogP contribution is 2.31. The molecule has 0 spiro atoms. The standard InChI is InChI=1S/C24H26N2O4S/c27-23(17-6-3-7-18(14-17)30-16-20-9-5-13-29-20)26(15-19-8-4-12-28-19)24-25-21-10-1-2-11-22(21)31-24/h1-3,6-7,10-11,14,19-20H,4-5,8-9,12-13,15-16H2. The van der Waals surface area contributed by atoms with E-state index in [4.69, 9.17) is 19.2 Å². The summed E-state index contributed by atoms with van der Waals surface area (Å²) in [4.78, 5) is 20.1. The molecular weight excluding hydrogens is 412 g/mol. The van der Waals surface area contributed by atoms with E-state index in [1.165, 1.54) is 11.3 Å². The Bertz CT molecular complexity index is 1010. The van der Waals surface area contributed by atoms with Gasteiger partial charge >= 0.3 is 0 Å². The highest BCUT2D eigenvalue weighted by Gasteiger charge is 2.27. The molecule has 2 unspecified atom stereocenters. The van der Waals surface area contributed by atoms with Crippen LogP contribution in [0, 0.1) is 0 Å². The number of hydrogen-bond donors (Lipinski definition) is 0. The highest BCUT2D eigenvalue weighted by molar-refractivity contribution is 7.22. The lowest BCUT2D eigenvalue weighted by Gasteiger charge is -2.23. The van der Waals surface area contributed by atoms with Crippen molar-refractivity contribution in [1.29, 1.82) is 0 Å². The van der Waals surface area contributed by atoms with Gasteiger partial charge in [-0.2, -0.15) is 0 Å². The molecule has 0 radical (unpaired) electrons. The molecule has 3 aromatic rings. The summed E-state index contributed by atoms with van der Waals surface area (Å²) < 4.78 is 18.4. The van der Waals surface area contributed by atoms with E-state index in [9.17, 15) is 4.79 Å². The van der Waals surface area contributed by atoms with Gasteiger partial charge in [-0.25, -0.2) is 4.98 Å². The van der Waals surface area contributed by atoms with E-state index in [-0.39, 0.29) is 18.1 Å². The zero-order valence-electron chi connectivity index (χ0n) is 17.4. The molecule has 0 N–H and O–H groups in total. The number of thiazole rings is 1. The minimum absolute atomic E-state index is 0.0370. The van der Waals surface area contributed by atoms with Gasteiger partial charge in [0.25, 0.3) is 5.91 Å². The Morgan fingerprint density at radius 2 is 1.87 bits per heavy atom. The molecule has 0 bridgehead atoms. The summed E-state index contributed by atoms with van der Waals surface area (Å²) in [7, 11) is 0. The maximum atomic E-state index is 13.6. The molecule has 0 saturated carbocycles. The third kappa shape index (κ3) is 4.74. The number of nitrogens with zero attached hydrogens (tertiary/aromatic N) is 2. The molecule has 1 aromatic heterocycles. The van der Waals surface area contributed by atoms with Crippen LogP contribution in [-0.4, -0.2) is 49.5 Å². The lowest BCUT2D eigenvalue weighted by molar-refractivity contribution is 0.0679. The number of anilines is 1. The van der Waals surface area contributed by atoms with Gasteiger partial charge in [0.2, 0.25) is 0 Å². The Balaban J connectivity index is 1.38. The van der Waals surface area contributed by atoms with Crippen molar-refractivity contribution in [2.75, 3.05) is 31.3 Å². The molecule has 162 valence electrons. The van der Waals surface area contributed by atoms with E-state index in [0.717, 1.165) is 49.1 Å². The lowest BCUT2D eigenvalue weighted by atomic mass is 10.1. The second kappa shape index (κ2) is 9.34. The van der Waals surface area contributed by atoms with Crippen LogP contribution in [0.25, 0.3) is 10.2 Å². The summed E-state index contributed by atoms with van der Waals surface area (Å²) in [6.07, 6.45) is 4.25. The van der Waals surface area contributed by atoms with Crippen LogP contribution < -0.4 is 9.64 Å². The van der Waals surface area contributed by atoms with Crippen molar-refractivity contribution in [3.63, 3.8) is 0 Å². The molecule has 2 fully saturated rings. The Hall–Kier alpha value is -2.48. The third-order valence-corrected chi connectivity index (χ3v) is 6.77. The molecule has 3 heterocycles. The van der Waals surface area contributed by atoms with Gasteiger partial charge in [0.15, 0.2) is 5.13 Å². The fourth-order valence-corrected chi connectivity index (χ4v) is 5.03. The van der Waals surface area contributed by atoms with Crippen LogP contribution in [0.1, 0.15) is 36.0 Å². The highest BCUT2D eigenvalue weighted by atomic mass is 32.1. The second-order valence-corrected chi connectivity index (χ2v) is 9.00. The number of aromatic nitrogens is 1. The number of fused-ring (bicyclic) bond motifs is 1. The number of amides is 1. The van der Waals surface area contributed by atoms with Gasteiger partial charge in [-0.1, -0.05) is 29.5 Å². The number of ether oxygens (including phenoxy) is 3. The largest absolute Gasteiger partial charge is 0.491 e. The SMILES string of the molecule is O=C(c1cccc(OCC2CCCO2)c1)N(CC1CCCO1)c1nc2ccccc2s1. The van der Waals surface area contributed by atoms with Gasteiger partial charge in [0.1, 0.15) is 12.4 Å². The molecule has 2 aliphatic heterocycles. The van der Waals surface area contributed by atoms with Crippen molar-refractivity contribution < 1.29 is 19.0 Å². The first-order valence-corrected chi connectivity index (χ1v) is 11.7. The first-order valence-electron chi connectivity index (χ1n) is 10.9. The summed E-state index contributed by atoms with van der Waals surface area (Å²) in [6, 6.07) is 15.4. The van der Waals surface area contributed by atoms with E-state index < -0.39 is 0 Å². The summed E-state index contributed by atoms with van der Waals surface area (Å²) in [6.45, 7) is 2.56. The van der Waals surface area contributed by atoms with Crippen molar-refractivity contribution in [3.8, 4) is 5.75 Å². The van der Waals surface area contributed by atoms with Gasteiger partial charge in [0.05, 0.1) is 29.0 Å². The van der Waals surface area contributed by atoms with Crippen molar-refractivity contribution in [2.24, 2.45) is 0 Å². The Labute approximate surface area is 185 Å². The molecule has 7 heteroatoms. The fraction of sp³-hybridized carbons (Fsp3) is 0.417. The van der Waals surface area contributed by atoms with Gasteiger partial charge in [-0.05, 0) is 56.0 Å². The van der Waals surface area contributed by atoms with Crippen LogP contribution in [0.3, 0.4) is 0 Å². The van der Waals surface area contributed by atoms with Crippen LogP contribution in [-0.2, 0) is 9.47 Å². The number of carbonyl (C=O) groups is 1. The number of carbonyl (C=O) groups excluding carboxylic acids is 1. The van der Waals surface area contributed by atoms with Crippen molar-refractivity contribution in [2.45, 2.75) is 37.9 Å². The first kappa shape index (κ1) is 20.4. The molecule has 2 saturated heterocycles. The minimum Gasteiger partial charge on any atom is -0.491 e. The molecule has 1 amide bonds. The molecule has 6 nitrogen and oxygen atoms in total. The zero-order valence-corrected chi connectivity index (χ0v) is 18.2. The second-order valence-electron chi connectivity index (χ2n) is 7.99. The number of benzene rings is 2. The van der Waals surface area contributed by atoms with Crippen LogP contribution in [0.5, 0.6) is 5.75 Å². The van der Waals surface area contributed by atoms with Crippen LogP contribution in [0.15, 0.2) is 48.5 Å². The number of para-hydroxylation sites is 1. The average Bonchev–Trinajstić information content (AvgIpc) is 3.57. The van der Waals surface area contributed by atoms with E-state index in [1.807, 2.05) is 48.5 Å². The third-order valence-electron chi connectivity index (χ3n) is 5.71. The molecule has 2 atom stereocenters. The fourth-order valence-electron chi connectivity index (χ4n) is 4.06. The first-order chi connectivity index (χ1) is 15.3. The summed E-state index contributed by atoms with van der Waals surface area (Å²) in [5.74, 6) is 0.597. The Morgan fingerprint density at radius 1 is 1.06 bits per heavy atom. The smallest absolute Gasteiger partial charge is 0.260 e. The van der Waals surface area contributed by atoms with Crippen LogP contribution in [0.4, 0.5) is 5.13 Å².